The van der Waals surface area contributed by atoms with Crippen molar-refractivity contribution in [3.8, 4) is 22.5 Å². The van der Waals surface area contributed by atoms with Gasteiger partial charge in [-0.25, -0.2) is 17.6 Å². The lowest BCUT2D eigenvalue weighted by Crippen LogP contribution is -2.54. The summed E-state index contributed by atoms with van der Waals surface area (Å²) in [6.45, 7) is 7.13. The molecule has 5 rings (SSSR count). The predicted octanol–water partition coefficient (Wildman–Crippen LogP) is 5.72. The Morgan fingerprint density at radius 2 is 1.73 bits per heavy atom. The summed E-state index contributed by atoms with van der Waals surface area (Å²) in [5.74, 6) is -1.31. The summed E-state index contributed by atoms with van der Waals surface area (Å²) in [5.41, 5.74) is 1.48. The molecule has 1 fully saturated rings. The molecule has 0 spiro atoms. The summed E-state index contributed by atoms with van der Waals surface area (Å²) in [7, 11) is -2.33. The fourth-order valence-corrected chi connectivity index (χ4v) is 6.67. The highest BCUT2D eigenvalue weighted by molar-refractivity contribution is 7.92. The smallest absolute Gasteiger partial charge is 0.410 e. The summed E-state index contributed by atoms with van der Waals surface area (Å²) in [6, 6.07) is 15.2. The monoisotopic (exact) mass is 691 g/mol. The van der Waals surface area contributed by atoms with Crippen LogP contribution in [0.3, 0.4) is 0 Å². The van der Waals surface area contributed by atoms with Gasteiger partial charge in [-0.05, 0) is 75.7 Å². The van der Waals surface area contributed by atoms with E-state index in [1.165, 1.54) is 51.5 Å². The van der Waals surface area contributed by atoms with Crippen LogP contribution in [0.15, 0.2) is 65.1 Å². The molecule has 1 aliphatic rings. The lowest BCUT2D eigenvalue weighted by atomic mass is 9.97. The molecule has 2 heterocycles. The fraction of sp³-hybridized carbons (Fsp3) is 0.314. The number of ether oxygens (including phenoxy) is 1. The van der Waals surface area contributed by atoms with Crippen LogP contribution in [0.1, 0.15) is 48.4 Å². The topological polar surface area (TPSA) is 153 Å². The van der Waals surface area contributed by atoms with E-state index in [4.69, 9.17) is 14.6 Å². The van der Waals surface area contributed by atoms with Crippen molar-refractivity contribution in [3.63, 3.8) is 0 Å². The van der Waals surface area contributed by atoms with E-state index in [9.17, 15) is 27.2 Å². The normalized spacial score (nSPS) is 13.8. The Morgan fingerprint density at radius 1 is 1.04 bits per heavy atom. The molecule has 1 aliphatic heterocycles. The summed E-state index contributed by atoms with van der Waals surface area (Å²) in [6.07, 6.45) is 0.508. The number of nitrogens with one attached hydrogen (secondary N) is 2. The number of hydrogen-bond donors (Lipinski definition) is 2. The third-order valence-corrected chi connectivity index (χ3v) is 9.16. The number of nitrogens with zero attached hydrogens (tertiary/aromatic N) is 3. The van der Waals surface area contributed by atoms with Crippen LogP contribution in [0.5, 0.6) is 0 Å². The number of amidine groups is 1. The number of amides is 3. The zero-order chi connectivity index (χ0) is 35.8. The molecule has 14 heteroatoms. The number of hydrogen-bond acceptors (Lipinski definition) is 8. The Labute approximate surface area is 284 Å². The molecule has 12 nitrogen and oxygen atoms in total. The lowest BCUT2D eigenvalue weighted by Gasteiger charge is -2.35. The van der Waals surface area contributed by atoms with E-state index in [2.05, 4.69) is 5.32 Å². The number of fused-ring (bicyclic) bond motifs is 1. The first-order valence-electron chi connectivity index (χ1n) is 15.6. The molecule has 2 N–H and O–H groups in total. The van der Waals surface area contributed by atoms with Crippen molar-refractivity contribution in [1.82, 2.24) is 15.1 Å². The number of piperazine rings is 1. The molecule has 3 aromatic carbocycles. The van der Waals surface area contributed by atoms with Crippen LogP contribution in [0, 0.1) is 11.2 Å². The van der Waals surface area contributed by atoms with Gasteiger partial charge in [0.05, 0.1) is 24.1 Å². The molecule has 49 heavy (non-hydrogen) atoms. The van der Waals surface area contributed by atoms with E-state index in [-0.39, 0.29) is 60.2 Å². The van der Waals surface area contributed by atoms with Crippen LogP contribution >= 0.6 is 0 Å². The van der Waals surface area contributed by atoms with Crippen molar-refractivity contribution < 1.29 is 36.3 Å². The van der Waals surface area contributed by atoms with Crippen LogP contribution in [-0.2, 0) is 14.8 Å². The van der Waals surface area contributed by atoms with Crippen LogP contribution in [0.2, 0.25) is 0 Å². The van der Waals surface area contributed by atoms with Gasteiger partial charge >= 0.3 is 6.09 Å². The average Bonchev–Trinajstić information content (AvgIpc) is 3.41. The third-order valence-electron chi connectivity index (χ3n) is 7.90. The van der Waals surface area contributed by atoms with Crippen LogP contribution in [0.25, 0.3) is 33.4 Å². The van der Waals surface area contributed by atoms with E-state index in [1.54, 1.807) is 58.0 Å². The molecule has 0 atom stereocenters. The zero-order valence-electron chi connectivity index (χ0n) is 28.1. The van der Waals surface area contributed by atoms with Gasteiger partial charge in [-0.2, -0.15) is 0 Å². The van der Waals surface area contributed by atoms with Gasteiger partial charge in [-0.1, -0.05) is 12.1 Å². The maximum absolute atomic E-state index is 13.8. The van der Waals surface area contributed by atoms with Crippen molar-refractivity contribution in [2.75, 3.05) is 43.8 Å². The Morgan fingerprint density at radius 3 is 2.33 bits per heavy atom. The minimum Gasteiger partial charge on any atom is -0.455 e. The van der Waals surface area contributed by atoms with Gasteiger partial charge in [0, 0.05) is 54.8 Å². The Kier molecular flexibility index (Phi) is 9.55. The van der Waals surface area contributed by atoms with E-state index in [0.717, 1.165) is 6.26 Å². The molecule has 0 bridgehead atoms. The summed E-state index contributed by atoms with van der Waals surface area (Å²) in [4.78, 5) is 42.3. The van der Waals surface area contributed by atoms with Crippen molar-refractivity contribution >= 4 is 50.4 Å². The summed E-state index contributed by atoms with van der Waals surface area (Å²) in [5, 5.41) is 11.5. The SMILES string of the molecule is CCN(c1cc2oc(-c3ccc(F)cc3)c(C(=O)NC)c2cc1-c1cccc(C(=O)N2CCN(C(=O)OC(C)(C)C)CC2=N)c1)S(C)(=O)=O. The Hall–Kier alpha value is -5.24. The van der Waals surface area contributed by atoms with Crippen molar-refractivity contribution in [2.24, 2.45) is 0 Å². The van der Waals surface area contributed by atoms with Crippen molar-refractivity contribution in [1.29, 1.82) is 5.41 Å². The van der Waals surface area contributed by atoms with Gasteiger partial charge < -0.3 is 14.5 Å². The number of anilines is 1. The number of benzene rings is 3. The van der Waals surface area contributed by atoms with Crippen LogP contribution in [-0.4, -0.2) is 87.0 Å². The molecular weight excluding hydrogens is 653 g/mol. The minimum absolute atomic E-state index is 0.0723. The van der Waals surface area contributed by atoms with Crippen LogP contribution in [0.4, 0.5) is 14.9 Å². The second kappa shape index (κ2) is 13.3. The number of furan rings is 1. The molecule has 1 saturated heterocycles. The molecule has 4 aromatic rings. The maximum atomic E-state index is 13.8. The zero-order valence-corrected chi connectivity index (χ0v) is 28.9. The van der Waals surface area contributed by atoms with Gasteiger partial charge in [-0.15, -0.1) is 0 Å². The van der Waals surface area contributed by atoms with Gasteiger partial charge in [-0.3, -0.25) is 29.1 Å². The molecule has 0 aliphatic carbocycles. The molecule has 3 amide bonds. The largest absolute Gasteiger partial charge is 0.455 e. The standard InChI is InChI=1S/C35H38FN5O7S/c1-7-41(49(6,45)46)27-19-28-26(30(32(42)38-5)31(47-28)21-11-13-24(36)14-12-21)18-25(27)22-9-8-10-23(17-22)33(43)40-16-15-39(20-29(40)37)34(44)48-35(2,3)4/h8-14,17-19,37H,7,15-16,20H2,1-6H3,(H,38,42). The second-order valence-corrected chi connectivity index (χ2v) is 14.5. The molecule has 0 radical (unpaired) electrons. The second-order valence-electron chi connectivity index (χ2n) is 12.6. The number of carbonyl (C=O) groups excluding carboxylic acids is 3. The first-order chi connectivity index (χ1) is 23.0. The summed E-state index contributed by atoms with van der Waals surface area (Å²) >= 11 is 0. The van der Waals surface area contributed by atoms with E-state index < -0.39 is 39.3 Å². The Bertz CT molecular complexity index is 2070. The summed E-state index contributed by atoms with van der Waals surface area (Å²) < 4.78 is 52.6. The van der Waals surface area contributed by atoms with Crippen molar-refractivity contribution in [3.05, 3.63) is 77.6 Å². The highest BCUT2D eigenvalue weighted by Crippen LogP contribution is 2.42. The van der Waals surface area contributed by atoms with Gasteiger partial charge in [0.2, 0.25) is 10.0 Å². The molecule has 258 valence electrons. The number of sulfonamides is 1. The molecule has 0 unspecified atom stereocenters. The number of rotatable bonds is 7. The molecular formula is C35H38FN5O7S. The minimum atomic E-state index is -3.80. The highest BCUT2D eigenvalue weighted by atomic mass is 32.2. The maximum Gasteiger partial charge on any atom is 0.410 e. The average molecular weight is 692 g/mol. The first-order valence-corrected chi connectivity index (χ1v) is 17.4. The first kappa shape index (κ1) is 35.1. The lowest BCUT2D eigenvalue weighted by molar-refractivity contribution is 0.0237. The van der Waals surface area contributed by atoms with Gasteiger partial charge in [0.25, 0.3) is 11.8 Å². The van der Waals surface area contributed by atoms with E-state index >= 15 is 0 Å². The van der Waals surface area contributed by atoms with Crippen molar-refractivity contribution in [2.45, 2.75) is 33.3 Å². The predicted molar refractivity (Wildman–Crippen MR) is 185 cm³/mol. The van der Waals surface area contributed by atoms with Crippen LogP contribution < -0.4 is 9.62 Å². The molecule has 1 aromatic heterocycles. The number of halogens is 1. The quantitative estimate of drug-likeness (QED) is 0.251. The van der Waals surface area contributed by atoms with Gasteiger partial charge in [0.1, 0.15) is 28.6 Å². The third kappa shape index (κ3) is 7.28. The van der Waals surface area contributed by atoms with E-state index in [0.29, 0.717) is 22.1 Å². The molecule has 0 saturated carbocycles. The van der Waals surface area contributed by atoms with E-state index in [1.807, 2.05) is 0 Å². The number of carbonyl (C=O) groups is 3. The highest BCUT2D eigenvalue weighted by Gasteiger charge is 2.32. The Balaban J connectivity index is 1.60. The fourth-order valence-electron chi connectivity index (χ4n) is 5.69. The van der Waals surface area contributed by atoms with Gasteiger partial charge in [0.15, 0.2) is 0 Å².